The smallest absolute Gasteiger partial charge is 0.212 e. The highest BCUT2D eigenvalue weighted by molar-refractivity contribution is 8.14. The number of aryl methyl sites for hydroxylation is 1. The van der Waals surface area contributed by atoms with Crippen LogP contribution in [0, 0.1) is 18.3 Å². The maximum Gasteiger partial charge on any atom is 0.233 e. The van der Waals surface area contributed by atoms with E-state index in [4.69, 9.17) is 15.9 Å². The normalized spacial score (nSPS) is 11.1. The number of hydrogen-bond acceptors (Lipinski definition) is 4. The van der Waals surface area contributed by atoms with E-state index >= 15 is 0 Å². The van der Waals surface area contributed by atoms with Gasteiger partial charge in [-0.3, -0.25) is 0 Å². The van der Waals surface area contributed by atoms with E-state index in [1.165, 1.54) is 11.8 Å². The molecule has 0 bridgehead atoms. The van der Waals surface area contributed by atoms with Crippen molar-refractivity contribution < 1.29 is 8.42 Å². The molecule has 0 aliphatic heterocycles. The molecule has 16 heavy (non-hydrogen) atoms. The number of nitrogens with zero attached hydrogens (tertiary/aromatic N) is 1. The number of hydrogen-bond donors (Lipinski definition) is 0. The first kappa shape index (κ1) is 13.4. The molecule has 1 aromatic rings. The van der Waals surface area contributed by atoms with Gasteiger partial charge in [0, 0.05) is 21.3 Å². The van der Waals surface area contributed by atoms with Crippen LogP contribution in [0.2, 0.25) is 0 Å². The van der Waals surface area contributed by atoms with Crippen LogP contribution in [-0.4, -0.2) is 19.9 Å². The van der Waals surface area contributed by atoms with E-state index in [1.54, 1.807) is 6.07 Å². The predicted molar refractivity (Wildman–Crippen MR) is 66.3 cm³/mol. The molecule has 86 valence electrons. The lowest BCUT2D eigenvalue weighted by Gasteiger charge is -2.03. The van der Waals surface area contributed by atoms with Crippen LogP contribution in [0.3, 0.4) is 0 Å². The molecule has 0 aliphatic rings. The van der Waals surface area contributed by atoms with Gasteiger partial charge in [0.25, 0.3) is 0 Å². The van der Waals surface area contributed by atoms with Gasteiger partial charge in [-0.15, -0.1) is 11.8 Å². The summed E-state index contributed by atoms with van der Waals surface area (Å²) in [6.45, 7) is 1.90. The molecule has 0 radical (unpaired) electrons. The molecule has 0 amide bonds. The third kappa shape index (κ3) is 4.44. The second-order valence-electron chi connectivity index (χ2n) is 3.20. The second-order valence-corrected chi connectivity index (χ2v) is 7.24. The van der Waals surface area contributed by atoms with Crippen molar-refractivity contribution in [2.24, 2.45) is 0 Å². The molecule has 0 atom stereocenters. The van der Waals surface area contributed by atoms with Crippen LogP contribution in [0.4, 0.5) is 0 Å². The molecule has 3 nitrogen and oxygen atoms in total. The van der Waals surface area contributed by atoms with Crippen molar-refractivity contribution in [3.8, 4) is 6.07 Å². The summed E-state index contributed by atoms with van der Waals surface area (Å²) in [7, 11) is 1.64. The van der Waals surface area contributed by atoms with Crippen LogP contribution in [0.15, 0.2) is 23.1 Å². The minimum atomic E-state index is -3.45. The number of thioether (sulfide) groups is 1. The summed E-state index contributed by atoms with van der Waals surface area (Å²) in [6.07, 6.45) is 0. The third-order valence-electron chi connectivity index (χ3n) is 1.84. The van der Waals surface area contributed by atoms with E-state index in [0.29, 0.717) is 11.3 Å². The molecule has 0 aromatic heterocycles. The van der Waals surface area contributed by atoms with Crippen LogP contribution in [0.25, 0.3) is 0 Å². The summed E-state index contributed by atoms with van der Waals surface area (Å²) >= 11 is 1.32. The van der Waals surface area contributed by atoms with Gasteiger partial charge in [-0.1, -0.05) is 6.07 Å². The quantitative estimate of drug-likeness (QED) is 0.626. The van der Waals surface area contributed by atoms with Crippen LogP contribution < -0.4 is 0 Å². The summed E-state index contributed by atoms with van der Waals surface area (Å²) in [5, 5.41) is 8.89. The Kier molecular flexibility index (Phi) is 4.66. The van der Waals surface area contributed by atoms with Gasteiger partial charge in [0.05, 0.1) is 11.3 Å². The highest BCUT2D eigenvalue weighted by Gasteiger charge is 2.07. The topological polar surface area (TPSA) is 57.9 Å². The van der Waals surface area contributed by atoms with Crippen molar-refractivity contribution in [1.29, 1.82) is 5.26 Å². The van der Waals surface area contributed by atoms with E-state index in [1.807, 2.05) is 19.1 Å². The molecule has 0 saturated carbocycles. The number of benzene rings is 1. The van der Waals surface area contributed by atoms with E-state index in [0.717, 1.165) is 10.5 Å². The molecular formula is C10H10ClNO2S2. The Labute approximate surface area is 104 Å². The lowest BCUT2D eigenvalue weighted by atomic mass is 10.2. The molecule has 0 aliphatic carbocycles. The fourth-order valence-electron chi connectivity index (χ4n) is 1.11. The van der Waals surface area contributed by atoms with E-state index in [2.05, 4.69) is 6.07 Å². The number of rotatable bonds is 4. The summed E-state index contributed by atoms with van der Waals surface area (Å²) in [5.41, 5.74) is 1.57. The number of nitriles is 1. The van der Waals surface area contributed by atoms with Gasteiger partial charge in [-0.05, 0) is 24.6 Å². The number of halogens is 1. The van der Waals surface area contributed by atoms with E-state index in [9.17, 15) is 8.42 Å². The van der Waals surface area contributed by atoms with Crippen LogP contribution in [-0.2, 0) is 9.05 Å². The summed E-state index contributed by atoms with van der Waals surface area (Å²) < 4.78 is 21.4. The molecule has 1 rings (SSSR count). The van der Waals surface area contributed by atoms with Crippen molar-refractivity contribution >= 4 is 31.5 Å². The van der Waals surface area contributed by atoms with Gasteiger partial charge in [0.1, 0.15) is 6.07 Å². The Morgan fingerprint density at radius 1 is 1.50 bits per heavy atom. The summed E-state index contributed by atoms with van der Waals surface area (Å²) in [5.74, 6) is 0.252. The van der Waals surface area contributed by atoms with Crippen molar-refractivity contribution in [1.82, 2.24) is 0 Å². The van der Waals surface area contributed by atoms with Crippen LogP contribution in [0.1, 0.15) is 11.1 Å². The van der Waals surface area contributed by atoms with Crippen molar-refractivity contribution in [2.45, 2.75) is 11.8 Å². The molecule has 0 spiro atoms. The Hall–Kier alpha value is -0.700. The van der Waals surface area contributed by atoms with Gasteiger partial charge < -0.3 is 0 Å². The predicted octanol–water partition coefficient (Wildman–Crippen LogP) is 2.53. The summed E-state index contributed by atoms with van der Waals surface area (Å²) in [4.78, 5) is 0.786. The highest BCUT2D eigenvalue weighted by Crippen LogP contribution is 2.23. The van der Waals surface area contributed by atoms with Crippen LogP contribution >= 0.6 is 22.4 Å². The second kappa shape index (κ2) is 5.58. The Morgan fingerprint density at radius 3 is 2.75 bits per heavy atom. The van der Waals surface area contributed by atoms with Crippen molar-refractivity contribution in [2.75, 3.05) is 11.5 Å². The largest absolute Gasteiger partial charge is 0.233 e. The first-order valence-electron chi connectivity index (χ1n) is 4.48. The standard InChI is InChI=1S/C10H10ClNO2S2/c1-8-2-3-10(9(6-8)7-12)15-4-5-16(11,13)14/h2-3,6H,4-5H2,1H3. The van der Waals surface area contributed by atoms with Gasteiger partial charge in [0.2, 0.25) is 9.05 Å². The molecule has 0 saturated heterocycles. The van der Waals surface area contributed by atoms with Gasteiger partial charge >= 0.3 is 0 Å². The third-order valence-corrected chi connectivity index (χ3v) is 4.33. The molecule has 0 fully saturated rings. The van der Waals surface area contributed by atoms with Crippen molar-refractivity contribution in [3.63, 3.8) is 0 Å². The zero-order valence-corrected chi connectivity index (χ0v) is 11.0. The molecule has 6 heteroatoms. The fraction of sp³-hybridized carbons (Fsp3) is 0.300. The zero-order valence-electron chi connectivity index (χ0n) is 8.60. The van der Waals surface area contributed by atoms with Crippen molar-refractivity contribution in [3.05, 3.63) is 29.3 Å². The minimum Gasteiger partial charge on any atom is -0.212 e. The molecule has 0 heterocycles. The zero-order chi connectivity index (χ0) is 12.2. The Bertz CT molecular complexity index is 520. The maximum absolute atomic E-state index is 10.7. The average molecular weight is 276 g/mol. The monoisotopic (exact) mass is 275 g/mol. The molecule has 0 unspecified atom stereocenters. The molecular weight excluding hydrogens is 266 g/mol. The highest BCUT2D eigenvalue weighted by atomic mass is 35.7. The Morgan fingerprint density at radius 2 is 2.19 bits per heavy atom. The lowest BCUT2D eigenvalue weighted by molar-refractivity contribution is 0.611. The minimum absolute atomic E-state index is 0.0992. The first-order chi connectivity index (χ1) is 7.42. The summed E-state index contributed by atoms with van der Waals surface area (Å²) in [6, 6.07) is 7.56. The van der Waals surface area contributed by atoms with E-state index < -0.39 is 9.05 Å². The lowest BCUT2D eigenvalue weighted by Crippen LogP contribution is -1.99. The molecule has 1 aromatic carbocycles. The Balaban J connectivity index is 2.72. The maximum atomic E-state index is 10.7. The fourth-order valence-corrected chi connectivity index (χ4v) is 3.45. The van der Waals surface area contributed by atoms with Gasteiger partial charge in [-0.2, -0.15) is 5.26 Å². The SMILES string of the molecule is Cc1ccc(SCCS(=O)(=O)Cl)c(C#N)c1. The van der Waals surface area contributed by atoms with Gasteiger partial charge in [0.15, 0.2) is 0 Å². The van der Waals surface area contributed by atoms with E-state index in [-0.39, 0.29) is 5.75 Å². The van der Waals surface area contributed by atoms with Crippen LogP contribution in [0.5, 0.6) is 0 Å². The average Bonchev–Trinajstić information content (AvgIpc) is 2.18. The van der Waals surface area contributed by atoms with Gasteiger partial charge in [-0.25, -0.2) is 8.42 Å². The molecule has 0 N–H and O–H groups in total. The first-order valence-corrected chi connectivity index (χ1v) is 7.94.